The van der Waals surface area contributed by atoms with E-state index in [1.54, 1.807) is 0 Å². The quantitative estimate of drug-likeness (QED) is 0.199. The molecule has 38 heavy (non-hydrogen) atoms. The molecule has 6 heteroatoms. The Balaban J connectivity index is 1.38. The highest BCUT2D eigenvalue weighted by Gasteiger charge is 2.18. The summed E-state index contributed by atoms with van der Waals surface area (Å²) in [5.74, 6) is 3.61. The molecule has 0 radical (unpaired) electrons. The molecule has 0 amide bonds. The van der Waals surface area contributed by atoms with Gasteiger partial charge in [-0.25, -0.2) is 4.98 Å². The summed E-state index contributed by atoms with van der Waals surface area (Å²) in [6, 6.07) is 25.2. The lowest BCUT2D eigenvalue weighted by molar-refractivity contribution is 0.174. The molecule has 5 rings (SSSR count). The number of benzene rings is 3. The molecule has 0 spiro atoms. The number of fused-ring (bicyclic) bond motifs is 1. The minimum atomic E-state index is 0.291. The third kappa shape index (κ3) is 6.37. The van der Waals surface area contributed by atoms with Gasteiger partial charge in [-0.3, -0.25) is 4.90 Å². The first-order chi connectivity index (χ1) is 18.7. The minimum Gasteiger partial charge on any atom is -0.494 e. The Kier molecular flexibility index (Phi) is 8.61. The highest BCUT2D eigenvalue weighted by atomic mass is 16.7. The van der Waals surface area contributed by atoms with Gasteiger partial charge in [0.25, 0.3) is 0 Å². The second-order valence-corrected chi connectivity index (χ2v) is 9.67. The van der Waals surface area contributed by atoms with E-state index in [1.807, 2.05) is 13.0 Å². The van der Waals surface area contributed by atoms with Gasteiger partial charge in [0.05, 0.1) is 18.5 Å². The van der Waals surface area contributed by atoms with E-state index >= 15 is 0 Å². The molecule has 0 aliphatic carbocycles. The second kappa shape index (κ2) is 12.7. The third-order valence-corrected chi connectivity index (χ3v) is 6.89. The zero-order valence-electron chi connectivity index (χ0n) is 22.4. The van der Waals surface area contributed by atoms with Crippen molar-refractivity contribution in [2.45, 2.75) is 52.7 Å². The van der Waals surface area contributed by atoms with E-state index in [1.165, 1.54) is 16.8 Å². The van der Waals surface area contributed by atoms with Crippen LogP contribution in [0.5, 0.6) is 17.2 Å². The molecule has 1 aliphatic heterocycles. The number of rotatable bonds is 13. The van der Waals surface area contributed by atoms with E-state index < -0.39 is 0 Å². The Morgan fingerprint density at radius 2 is 1.68 bits per heavy atom. The molecule has 4 aromatic rings. The van der Waals surface area contributed by atoms with Crippen molar-refractivity contribution in [1.82, 2.24) is 14.5 Å². The maximum Gasteiger partial charge on any atom is 0.231 e. The normalized spacial score (nSPS) is 12.3. The molecule has 0 atom stereocenters. The summed E-state index contributed by atoms with van der Waals surface area (Å²) in [5.41, 5.74) is 4.91. The summed E-state index contributed by atoms with van der Waals surface area (Å²) >= 11 is 0. The van der Waals surface area contributed by atoms with Crippen LogP contribution in [0.3, 0.4) is 0 Å². The summed E-state index contributed by atoms with van der Waals surface area (Å²) in [6.07, 6.45) is 5.27. The van der Waals surface area contributed by atoms with Crippen molar-refractivity contribution >= 4 is 0 Å². The number of aromatic nitrogens is 2. The van der Waals surface area contributed by atoms with Crippen LogP contribution in [0.15, 0.2) is 79.0 Å². The first-order valence-electron chi connectivity index (χ1n) is 13.7. The molecule has 1 aromatic heterocycles. The van der Waals surface area contributed by atoms with Crippen LogP contribution in [0.4, 0.5) is 0 Å². The van der Waals surface area contributed by atoms with E-state index in [0.717, 1.165) is 74.1 Å². The fourth-order valence-corrected chi connectivity index (χ4v) is 4.87. The number of ether oxygens (including phenoxy) is 3. The van der Waals surface area contributed by atoms with Gasteiger partial charge in [0.15, 0.2) is 11.5 Å². The van der Waals surface area contributed by atoms with E-state index in [2.05, 4.69) is 89.3 Å². The van der Waals surface area contributed by atoms with Crippen LogP contribution >= 0.6 is 0 Å². The minimum absolute atomic E-state index is 0.291. The predicted octanol–water partition coefficient (Wildman–Crippen LogP) is 6.72. The van der Waals surface area contributed by atoms with E-state index in [0.29, 0.717) is 13.4 Å². The van der Waals surface area contributed by atoms with Crippen LogP contribution in [-0.4, -0.2) is 34.4 Å². The molecule has 0 fully saturated rings. The van der Waals surface area contributed by atoms with Crippen molar-refractivity contribution in [2.24, 2.45) is 0 Å². The van der Waals surface area contributed by atoms with Crippen LogP contribution in [0.25, 0.3) is 11.4 Å². The zero-order valence-corrected chi connectivity index (χ0v) is 22.4. The summed E-state index contributed by atoms with van der Waals surface area (Å²) in [6.45, 7) is 8.73. The maximum absolute atomic E-state index is 5.65. The van der Waals surface area contributed by atoms with E-state index in [4.69, 9.17) is 19.2 Å². The van der Waals surface area contributed by atoms with Gasteiger partial charge in [0.1, 0.15) is 11.6 Å². The Hall–Kier alpha value is -3.77. The second-order valence-electron chi connectivity index (χ2n) is 9.67. The van der Waals surface area contributed by atoms with Gasteiger partial charge in [0, 0.05) is 31.7 Å². The van der Waals surface area contributed by atoms with Gasteiger partial charge in [-0.15, -0.1) is 0 Å². The molecular formula is C32H37N3O3. The molecule has 0 saturated heterocycles. The van der Waals surface area contributed by atoms with Crippen LogP contribution in [0.2, 0.25) is 0 Å². The largest absolute Gasteiger partial charge is 0.494 e. The fraction of sp³-hybridized carbons (Fsp3) is 0.344. The van der Waals surface area contributed by atoms with Crippen LogP contribution in [0.1, 0.15) is 43.5 Å². The summed E-state index contributed by atoms with van der Waals surface area (Å²) in [5, 5.41) is 0. The van der Waals surface area contributed by atoms with E-state index in [-0.39, 0.29) is 0 Å². The fourth-order valence-electron chi connectivity index (χ4n) is 4.87. The number of unbranched alkanes of at least 4 members (excludes halogenated alkanes) is 1. The smallest absolute Gasteiger partial charge is 0.231 e. The molecule has 2 heterocycles. The maximum atomic E-state index is 5.65. The first-order valence-corrected chi connectivity index (χ1v) is 13.7. The molecule has 0 saturated carbocycles. The predicted molar refractivity (Wildman–Crippen MR) is 151 cm³/mol. The topological polar surface area (TPSA) is 48.8 Å². The molecular weight excluding hydrogens is 474 g/mol. The van der Waals surface area contributed by atoms with Crippen molar-refractivity contribution in [3.05, 3.63) is 95.8 Å². The van der Waals surface area contributed by atoms with Crippen molar-refractivity contribution in [1.29, 1.82) is 0 Å². The zero-order chi connectivity index (χ0) is 26.2. The van der Waals surface area contributed by atoms with Gasteiger partial charge in [0.2, 0.25) is 6.79 Å². The summed E-state index contributed by atoms with van der Waals surface area (Å²) in [7, 11) is 0. The van der Waals surface area contributed by atoms with Crippen LogP contribution in [-0.2, 0) is 26.1 Å². The van der Waals surface area contributed by atoms with Gasteiger partial charge >= 0.3 is 0 Å². The first kappa shape index (κ1) is 25.9. The Morgan fingerprint density at radius 3 is 2.47 bits per heavy atom. The number of hydrogen-bond donors (Lipinski definition) is 0. The lowest BCUT2D eigenvalue weighted by Gasteiger charge is -2.24. The van der Waals surface area contributed by atoms with E-state index in [9.17, 15) is 0 Å². The average Bonchev–Trinajstić information content (AvgIpc) is 3.58. The van der Waals surface area contributed by atoms with Crippen molar-refractivity contribution in [3.8, 4) is 28.6 Å². The Bertz CT molecular complexity index is 1300. The Morgan fingerprint density at radius 1 is 0.895 bits per heavy atom. The molecule has 6 nitrogen and oxygen atoms in total. The molecule has 1 aliphatic rings. The molecule has 3 aromatic carbocycles. The SMILES string of the molecule is CCCCn1c(CN(CCc2ccc(OCC)cc2)Cc2ccc3c(c2)OCO3)cnc1-c1ccccc1. The summed E-state index contributed by atoms with van der Waals surface area (Å²) in [4.78, 5) is 7.38. The Labute approximate surface area is 225 Å². The highest BCUT2D eigenvalue weighted by Crippen LogP contribution is 2.33. The third-order valence-electron chi connectivity index (χ3n) is 6.89. The lowest BCUT2D eigenvalue weighted by Crippen LogP contribution is -2.27. The van der Waals surface area contributed by atoms with Crippen molar-refractivity contribution in [3.63, 3.8) is 0 Å². The average molecular weight is 512 g/mol. The highest BCUT2D eigenvalue weighted by molar-refractivity contribution is 5.56. The number of hydrogen-bond acceptors (Lipinski definition) is 5. The standard InChI is InChI=1S/C32H37N3O3/c1-3-5-18-35-28(21-33-32(35)27-9-7-6-8-10-27)23-34(19-17-25-11-14-29(15-12-25)36-4-2)22-26-13-16-30-31(20-26)38-24-37-30/h6-16,20-21H,3-5,17-19,22-24H2,1-2H3. The molecule has 0 bridgehead atoms. The molecule has 0 unspecified atom stereocenters. The number of nitrogens with zero attached hydrogens (tertiary/aromatic N) is 3. The molecule has 0 N–H and O–H groups in total. The monoisotopic (exact) mass is 511 g/mol. The van der Waals surface area contributed by atoms with Gasteiger partial charge in [-0.1, -0.05) is 61.9 Å². The number of imidazole rings is 1. The van der Waals surface area contributed by atoms with Gasteiger partial charge in [-0.05, 0) is 55.2 Å². The van der Waals surface area contributed by atoms with Crippen molar-refractivity contribution < 1.29 is 14.2 Å². The van der Waals surface area contributed by atoms with Crippen LogP contribution < -0.4 is 14.2 Å². The van der Waals surface area contributed by atoms with Crippen molar-refractivity contribution in [2.75, 3.05) is 19.9 Å². The summed E-state index contributed by atoms with van der Waals surface area (Å²) < 4.78 is 19.2. The molecule has 198 valence electrons. The van der Waals surface area contributed by atoms with Gasteiger partial charge < -0.3 is 18.8 Å². The van der Waals surface area contributed by atoms with Crippen LogP contribution in [0, 0.1) is 0 Å². The van der Waals surface area contributed by atoms with Gasteiger partial charge in [-0.2, -0.15) is 0 Å². The lowest BCUT2D eigenvalue weighted by atomic mass is 10.1.